The summed E-state index contributed by atoms with van der Waals surface area (Å²) in [6, 6.07) is 29.6. The highest BCUT2D eigenvalue weighted by Crippen LogP contribution is 2.44. The van der Waals surface area contributed by atoms with Gasteiger partial charge in [-0.25, -0.2) is 0 Å². The maximum Gasteiger partial charge on any atom is 0.155 e. The van der Waals surface area contributed by atoms with Crippen molar-refractivity contribution in [2.24, 2.45) is 0 Å². The molecule has 0 fully saturated rings. The van der Waals surface area contributed by atoms with E-state index >= 15 is 0 Å². The van der Waals surface area contributed by atoms with Crippen LogP contribution in [0, 0.1) is 0 Å². The number of rotatable bonds is 5. The first-order chi connectivity index (χ1) is 16.7. The van der Waals surface area contributed by atoms with Crippen LogP contribution in [0.2, 0.25) is 0 Å². The molecule has 0 amide bonds. The van der Waals surface area contributed by atoms with Gasteiger partial charge in [0.1, 0.15) is 22.7 Å². The number of aromatic nitrogens is 3. The highest BCUT2D eigenvalue weighted by molar-refractivity contribution is 5.80. The lowest BCUT2D eigenvalue weighted by Crippen LogP contribution is -2.24. The van der Waals surface area contributed by atoms with E-state index in [2.05, 4.69) is 68.2 Å². The van der Waals surface area contributed by atoms with E-state index in [1.54, 1.807) is 18.2 Å². The van der Waals surface area contributed by atoms with Crippen LogP contribution in [0.1, 0.15) is 49.9 Å². The van der Waals surface area contributed by atoms with Crippen molar-refractivity contribution in [1.82, 2.24) is 15.0 Å². The van der Waals surface area contributed by atoms with E-state index in [-0.39, 0.29) is 16.9 Å². The van der Waals surface area contributed by atoms with Crippen LogP contribution in [0.5, 0.6) is 11.5 Å². The summed E-state index contributed by atoms with van der Waals surface area (Å²) < 4.78 is 0. The lowest BCUT2D eigenvalue weighted by molar-refractivity contribution is 0.444. The van der Waals surface area contributed by atoms with Crippen LogP contribution in [0.15, 0.2) is 91.0 Å². The molecular formula is C30H29N3O2. The SMILES string of the molecule is CC(C)(c1ccccc1)c1cc(-n2nc3cccc(O)c3n2)c(O)c(C(C)(C)c2ccccc2)c1. The fourth-order valence-corrected chi connectivity index (χ4v) is 4.67. The van der Waals surface area contributed by atoms with Gasteiger partial charge in [0.25, 0.3) is 0 Å². The highest BCUT2D eigenvalue weighted by Gasteiger charge is 2.32. The minimum absolute atomic E-state index is 0.0545. The number of phenolic OH excluding ortho intramolecular Hbond substituents is 2. The van der Waals surface area contributed by atoms with Gasteiger partial charge in [-0.2, -0.15) is 0 Å². The lowest BCUT2D eigenvalue weighted by Gasteiger charge is -2.32. The zero-order valence-electron chi connectivity index (χ0n) is 20.4. The summed E-state index contributed by atoms with van der Waals surface area (Å²) in [4.78, 5) is 1.43. The summed E-state index contributed by atoms with van der Waals surface area (Å²) in [5, 5.41) is 31.0. The van der Waals surface area contributed by atoms with Gasteiger partial charge in [-0.3, -0.25) is 0 Å². The monoisotopic (exact) mass is 463 g/mol. The number of benzene rings is 4. The van der Waals surface area contributed by atoms with Gasteiger partial charge in [-0.05, 0) is 34.9 Å². The summed E-state index contributed by atoms with van der Waals surface area (Å²) in [5.41, 5.74) is 4.65. The van der Waals surface area contributed by atoms with E-state index in [0.717, 1.165) is 22.3 Å². The molecule has 1 aromatic heterocycles. The van der Waals surface area contributed by atoms with Crippen molar-refractivity contribution in [2.45, 2.75) is 38.5 Å². The largest absolute Gasteiger partial charge is 0.506 e. The second-order valence-electron chi connectivity index (χ2n) is 10.0. The molecule has 1 heterocycles. The van der Waals surface area contributed by atoms with Crippen LogP contribution in [-0.4, -0.2) is 25.2 Å². The number of nitrogens with zero attached hydrogens (tertiary/aromatic N) is 3. The van der Waals surface area contributed by atoms with Crippen molar-refractivity contribution in [3.63, 3.8) is 0 Å². The lowest BCUT2D eigenvalue weighted by atomic mass is 9.72. The average Bonchev–Trinajstić information content (AvgIpc) is 3.30. The zero-order valence-corrected chi connectivity index (χ0v) is 20.4. The van der Waals surface area contributed by atoms with Crippen LogP contribution >= 0.6 is 0 Å². The minimum atomic E-state index is -0.489. The van der Waals surface area contributed by atoms with Crippen LogP contribution in [0.3, 0.4) is 0 Å². The number of fused-ring (bicyclic) bond motifs is 1. The van der Waals surface area contributed by atoms with E-state index in [1.807, 2.05) is 42.5 Å². The molecule has 0 saturated heterocycles. The smallest absolute Gasteiger partial charge is 0.155 e. The Morgan fingerprint density at radius 2 is 1.23 bits per heavy atom. The normalized spacial score (nSPS) is 12.2. The fourth-order valence-electron chi connectivity index (χ4n) is 4.67. The third-order valence-corrected chi connectivity index (χ3v) is 7.08. The second-order valence-corrected chi connectivity index (χ2v) is 10.0. The first-order valence-electron chi connectivity index (χ1n) is 11.7. The van der Waals surface area contributed by atoms with Gasteiger partial charge in [-0.15, -0.1) is 15.0 Å². The molecule has 0 spiro atoms. The van der Waals surface area contributed by atoms with Crippen molar-refractivity contribution in [1.29, 1.82) is 0 Å². The Labute approximate surface area is 205 Å². The molecule has 5 rings (SSSR count). The topological polar surface area (TPSA) is 71.2 Å². The van der Waals surface area contributed by atoms with Gasteiger partial charge in [0.05, 0.1) is 0 Å². The predicted molar refractivity (Wildman–Crippen MR) is 139 cm³/mol. The van der Waals surface area contributed by atoms with Crippen LogP contribution in [0.4, 0.5) is 0 Å². The molecule has 4 aromatic carbocycles. The molecule has 0 atom stereocenters. The molecule has 5 nitrogen and oxygen atoms in total. The molecule has 35 heavy (non-hydrogen) atoms. The number of phenols is 2. The van der Waals surface area contributed by atoms with E-state index in [9.17, 15) is 10.2 Å². The molecule has 0 bridgehead atoms. The first kappa shape index (κ1) is 22.7. The van der Waals surface area contributed by atoms with Crippen LogP contribution in [-0.2, 0) is 10.8 Å². The van der Waals surface area contributed by atoms with Gasteiger partial charge in [0.2, 0.25) is 0 Å². The Bertz CT molecular complexity index is 1500. The summed E-state index contributed by atoms with van der Waals surface area (Å²) in [6.45, 7) is 8.58. The van der Waals surface area contributed by atoms with Crippen molar-refractivity contribution in [3.05, 3.63) is 113 Å². The summed E-state index contributed by atoms with van der Waals surface area (Å²) in [6.07, 6.45) is 0. The van der Waals surface area contributed by atoms with Gasteiger partial charge in [-0.1, -0.05) is 100 Å². The standard InChI is InChI=1S/C30H29N3O2/c1-29(2,20-12-7-5-8-13-20)22-18-23(30(3,4)21-14-9-6-10-15-21)28(35)25(19-22)33-31-24-16-11-17-26(34)27(24)32-33/h5-19,34-35H,1-4H3. The van der Waals surface area contributed by atoms with Gasteiger partial charge < -0.3 is 10.2 Å². The first-order valence-corrected chi connectivity index (χ1v) is 11.7. The molecule has 2 N–H and O–H groups in total. The van der Waals surface area contributed by atoms with E-state index in [1.165, 1.54) is 4.80 Å². The molecule has 0 aliphatic heterocycles. The van der Waals surface area contributed by atoms with E-state index in [4.69, 9.17) is 0 Å². The Kier molecular flexibility index (Phi) is 5.36. The molecule has 176 valence electrons. The highest BCUT2D eigenvalue weighted by atomic mass is 16.3. The minimum Gasteiger partial charge on any atom is -0.506 e. The molecule has 0 radical (unpaired) electrons. The van der Waals surface area contributed by atoms with Gasteiger partial charge in [0.15, 0.2) is 5.52 Å². The van der Waals surface area contributed by atoms with E-state index < -0.39 is 5.41 Å². The second kappa shape index (κ2) is 8.27. The average molecular weight is 464 g/mol. The fraction of sp³-hybridized carbons (Fsp3) is 0.200. The molecule has 0 saturated carbocycles. The van der Waals surface area contributed by atoms with Crippen molar-refractivity contribution in [3.8, 4) is 17.2 Å². The maximum atomic E-state index is 11.6. The number of hydrogen-bond donors (Lipinski definition) is 2. The maximum absolute atomic E-state index is 11.6. The third kappa shape index (κ3) is 3.83. The van der Waals surface area contributed by atoms with Crippen LogP contribution in [0.25, 0.3) is 16.7 Å². The Morgan fingerprint density at radius 3 is 1.83 bits per heavy atom. The summed E-state index contributed by atoms with van der Waals surface area (Å²) in [5.74, 6) is 0.171. The number of aromatic hydroxyl groups is 2. The Balaban J connectivity index is 1.79. The summed E-state index contributed by atoms with van der Waals surface area (Å²) >= 11 is 0. The van der Waals surface area contributed by atoms with Crippen molar-refractivity contribution >= 4 is 11.0 Å². The van der Waals surface area contributed by atoms with Crippen molar-refractivity contribution < 1.29 is 10.2 Å². The van der Waals surface area contributed by atoms with Crippen LogP contribution < -0.4 is 0 Å². The van der Waals surface area contributed by atoms with E-state index in [0.29, 0.717) is 16.7 Å². The summed E-state index contributed by atoms with van der Waals surface area (Å²) in [7, 11) is 0. The number of hydrogen-bond acceptors (Lipinski definition) is 4. The van der Waals surface area contributed by atoms with Gasteiger partial charge in [0, 0.05) is 16.4 Å². The molecule has 0 unspecified atom stereocenters. The zero-order chi connectivity index (χ0) is 24.8. The Morgan fingerprint density at radius 1 is 0.629 bits per heavy atom. The molecule has 0 aliphatic carbocycles. The quantitative estimate of drug-likeness (QED) is 0.313. The molecule has 5 aromatic rings. The molecule has 5 heteroatoms. The Hall–Kier alpha value is -4.12. The third-order valence-electron chi connectivity index (χ3n) is 7.08. The molecular weight excluding hydrogens is 434 g/mol. The molecule has 0 aliphatic rings. The van der Waals surface area contributed by atoms with Crippen molar-refractivity contribution in [2.75, 3.05) is 0 Å². The van der Waals surface area contributed by atoms with Gasteiger partial charge >= 0.3 is 0 Å². The predicted octanol–water partition coefficient (Wildman–Crippen LogP) is 6.48.